The number of nitrogens with one attached hydrogen (secondary N) is 1. The molecule has 9 nitrogen and oxygen atoms in total. The Kier molecular flexibility index (Phi) is 11.7. The predicted molar refractivity (Wildman–Crippen MR) is 170 cm³/mol. The van der Waals surface area contributed by atoms with Crippen LogP contribution in [-0.4, -0.2) is 54.7 Å². The number of nitrogens with zero attached hydrogens (tertiary/aromatic N) is 2. The lowest BCUT2D eigenvalue weighted by Gasteiger charge is -2.38. The van der Waals surface area contributed by atoms with Gasteiger partial charge in [-0.05, 0) is 96.3 Å². The molecule has 1 saturated carbocycles. The van der Waals surface area contributed by atoms with Gasteiger partial charge in [-0.2, -0.15) is 4.31 Å². The molecular weight excluding hydrogens is 602 g/mol. The lowest BCUT2D eigenvalue weighted by atomic mass is 9.82. The van der Waals surface area contributed by atoms with Crippen molar-refractivity contribution in [2.75, 3.05) is 13.7 Å². The molecule has 2 N–H and O–H groups in total. The third-order valence-corrected chi connectivity index (χ3v) is 10.1. The molecule has 0 spiro atoms. The molecule has 1 atom stereocenters. The third kappa shape index (κ3) is 7.75. The summed E-state index contributed by atoms with van der Waals surface area (Å²) in [6.07, 6.45) is 6.46. The molecule has 0 unspecified atom stereocenters. The highest BCUT2D eigenvalue weighted by Gasteiger charge is 2.42. The molecule has 0 bridgehead atoms. The van der Waals surface area contributed by atoms with Gasteiger partial charge in [-0.15, -0.1) is 12.4 Å². The van der Waals surface area contributed by atoms with Crippen LogP contribution in [0.15, 0.2) is 96.2 Å². The van der Waals surface area contributed by atoms with E-state index < -0.39 is 22.0 Å². The van der Waals surface area contributed by atoms with Crippen LogP contribution in [0.1, 0.15) is 36.8 Å². The third-order valence-electron chi connectivity index (χ3n) is 8.21. The number of fused-ring (bicyclic) bond motifs is 1. The van der Waals surface area contributed by atoms with Crippen molar-refractivity contribution in [3.8, 4) is 5.75 Å². The van der Waals surface area contributed by atoms with Crippen molar-refractivity contribution in [1.82, 2.24) is 14.8 Å². The van der Waals surface area contributed by atoms with Crippen molar-refractivity contribution >= 4 is 39.1 Å². The van der Waals surface area contributed by atoms with Gasteiger partial charge in [0.25, 0.3) is 5.91 Å². The first kappa shape index (κ1) is 33.4. The van der Waals surface area contributed by atoms with Gasteiger partial charge in [-0.3, -0.25) is 15.0 Å². The van der Waals surface area contributed by atoms with Crippen LogP contribution in [0, 0.1) is 5.92 Å². The van der Waals surface area contributed by atoms with E-state index >= 15 is 0 Å². The molecule has 1 aliphatic carbocycles. The first-order valence-corrected chi connectivity index (χ1v) is 15.9. The normalized spacial score (nSPS) is 17.5. The summed E-state index contributed by atoms with van der Waals surface area (Å²) in [5, 5.41) is 12.2. The van der Waals surface area contributed by atoms with E-state index in [0.717, 1.165) is 6.42 Å². The summed E-state index contributed by atoms with van der Waals surface area (Å²) in [4.78, 5) is 17.3. The smallest absolute Gasteiger partial charge is 0.262 e. The van der Waals surface area contributed by atoms with Crippen molar-refractivity contribution in [2.45, 2.75) is 55.7 Å². The Labute approximate surface area is 264 Å². The molecule has 1 amide bonds. The number of amides is 1. The number of carbonyl (C=O) groups is 1. The summed E-state index contributed by atoms with van der Waals surface area (Å²) in [5.41, 5.74) is 3.65. The molecule has 0 radical (unpaired) electrons. The van der Waals surface area contributed by atoms with Crippen LogP contribution in [-0.2, 0) is 32.5 Å². The number of aromatic nitrogens is 1. The van der Waals surface area contributed by atoms with Crippen LogP contribution in [0.4, 0.5) is 0 Å². The lowest BCUT2D eigenvalue weighted by molar-refractivity contribution is -0.136. The molecular formula is C33H38ClN3O6S. The van der Waals surface area contributed by atoms with Crippen LogP contribution in [0.25, 0.3) is 10.8 Å². The quantitative estimate of drug-likeness (QED) is 0.154. The van der Waals surface area contributed by atoms with Crippen LogP contribution < -0.4 is 10.2 Å². The van der Waals surface area contributed by atoms with Crippen LogP contribution in [0.3, 0.4) is 0 Å². The fourth-order valence-electron chi connectivity index (χ4n) is 5.95. The maximum absolute atomic E-state index is 14.1. The number of sulfonamides is 1. The Balaban J connectivity index is 0.00000442. The molecule has 44 heavy (non-hydrogen) atoms. The Morgan fingerprint density at radius 3 is 2.34 bits per heavy atom. The molecule has 0 aliphatic heterocycles. The number of hydroxylamine groups is 1. The largest absolute Gasteiger partial charge is 0.497 e. The van der Waals surface area contributed by atoms with Gasteiger partial charge in [-0.25, -0.2) is 13.9 Å². The highest BCUT2D eigenvalue weighted by molar-refractivity contribution is 7.89. The first-order valence-electron chi connectivity index (χ1n) is 14.5. The average Bonchev–Trinajstić information content (AvgIpc) is 3.05. The topological polar surface area (TPSA) is 118 Å². The number of methoxy groups -OCH3 is 1. The zero-order valence-corrected chi connectivity index (χ0v) is 26.2. The second-order valence-electron chi connectivity index (χ2n) is 10.8. The second-order valence-corrected chi connectivity index (χ2v) is 12.7. The van der Waals surface area contributed by atoms with Gasteiger partial charge in [0, 0.05) is 18.9 Å². The molecule has 11 heteroatoms. The molecule has 5 rings (SSSR count). The van der Waals surface area contributed by atoms with E-state index in [2.05, 4.69) is 35.3 Å². The summed E-state index contributed by atoms with van der Waals surface area (Å²) in [6.45, 7) is 0.514. The maximum Gasteiger partial charge on any atom is 0.262 e. The molecule has 1 aliphatic rings. The highest BCUT2D eigenvalue weighted by atomic mass is 35.5. The summed E-state index contributed by atoms with van der Waals surface area (Å²) in [5.74, 6) is -0.561. The van der Waals surface area contributed by atoms with Crippen LogP contribution >= 0.6 is 12.4 Å². The van der Waals surface area contributed by atoms with Crippen molar-refractivity contribution < 1.29 is 27.9 Å². The predicted octanol–water partition coefficient (Wildman–Crippen LogP) is 5.55. The molecule has 3 aromatic carbocycles. The van der Waals surface area contributed by atoms with Gasteiger partial charge < -0.3 is 9.47 Å². The minimum absolute atomic E-state index is 0. The average molecular weight is 640 g/mol. The Bertz CT molecular complexity index is 1610. The number of benzene rings is 3. The number of carbonyl (C=O) groups excluding carboxylic acids is 1. The highest BCUT2D eigenvalue weighted by Crippen LogP contribution is 2.35. The molecule has 234 valence electrons. The van der Waals surface area contributed by atoms with Crippen molar-refractivity contribution in [3.63, 3.8) is 0 Å². The van der Waals surface area contributed by atoms with E-state index in [1.54, 1.807) is 42.1 Å². The van der Waals surface area contributed by atoms with Gasteiger partial charge >= 0.3 is 0 Å². The van der Waals surface area contributed by atoms with Gasteiger partial charge in [0.05, 0.1) is 24.7 Å². The molecule has 4 aromatic rings. The first-order chi connectivity index (χ1) is 20.9. The van der Waals surface area contributed by atoms with Gasteiger partial charge in [0.1, 0.15) is 11.8 Å². The SMILES string of the molecule is COc1ccc(S(=O)(=O)N(Cc2ccncc2)[C@@H](C(=O)NO)C2CCC(OCCc3cccc4ccccc34)CC2)cc1.Cl. The monoisotopic (exact) mass is 639 g/mol. The fraction of sp³-hybridized carbons (Fsp3) is 0.333. The Hall–Kier alpha value is -3.54. The maximum atomic E-state index is 14.1. The van der Waals surface area contributed by atoms with Crippen LogP contribution in [0.5, 0.6) is 5.75 Å². The van der Waals surface area contributed by atoms with Gasteiger partial charge in [0.15, 0.2) is 0 Å². The number of rotatable bonds is 12. The number of hydrogen-bond acceptors (Lipinski definition) is 7. The summed E-state index contributed by atoms with van der Waals surface area (Å²) in [6, 6.07) is 23.0. The minimum atomic E-state index is -4.15. The van der Waals surface area contributed by atoms with Gasteiger partial charge in [0.2, 0.25) is 10.0 Å². The minimum Gasteiger partial charge on any atom is -0.497 e. The number of pyridine rings is 1. The van der Waals surface area contributed by atoms with E-state index in [-0.39, 0.29) is 35.9 Å². The standard InChI is InChI=1S/C33H37N3O6S.ClH/c1-41-28-13-15-30(16-14-28)43(39,40)36(23-24-17-20-34-21-18-24)32(33(37)35-38)27-9-11-29(12-10-27)42-22-19-26-7-4-6-25-5-2-3-8-31(25)26;/h2-8,13-18,20-21,27,29,32,38H,9-12,19,22-23H2,1H3,(H,35,37);1H/t27?,29?,32-;/m1./s1. The Morgan fingerprint density at radius 1 is 0.977 bits per heavy atom. The van der Waals surface area contributed by atoms with Gasteiger partial charge in [-0.1, -0.05) is 42.5 Å². The van der Waals surface area contributed by atoms with E-state index in [0.29, 0.717) is 43.6 Å². The van der Waals surface area contributed by atoms with E-state index in [4.69, 9.17) is 9.47 Å². The zero-order chi connectivity index (χ0) is 30.2. The second kappa shape index (κ2) is 15.5. The Morgan fingerprint density at radius 2 is 1.66 bits per heavy atom. The number of halogens is 1. The van der Waals surface area contributed by atoms with Crippen molar-refractivity contribution in [2.24, 2.45) is 5.92 Å². The summed E-state index contributed by atoms with van der Waals surface area (Å²) < 4.78 is 40.8. The van der Waals surface area contributed by atoms with Crippen molar-refractivity contribution in [3.05, 3.63) is 102 Å². The lowest BCUT2D eigenvalue weighted by Crippen LogP contribution is -2.53. The van der Waals surface area contributed by atoms with E-state index in [1.165, 1.54) is 39.9 Å². The zero-order valence-electron chi connectivity index (χ0n) is 24.5. The molecule has 1 heterocycles. The molecule has 1 aromatic heterocycles. The summed E-state index contributed by atoms with van der Waals surface area (Å²) in [7, 11) is -2.65. The van der Waals surface area contributed by atoms with Crippen LogP contribution in [0.2, 0.25) is 0 Å². The molecule has 1 fully saturated rings. The number of hydrogen-bond donors (Lipinski definition) is 2. The van der Waals surface area contributed by atoms with Crippen molar-refractivity contribution in [1.29, 1.82) is 0 Å². The van der Waals surface area contributed by atoms with E-state index in [9.17, 15) is 18.4 Å². The van der Waals surface area contributed by atoms with E-state index in [1.807, 2.05) is 12.1 Å². The molecule has 0 saturated heterocycles. The number of ether oxygens (including phenoxy) is 2. The fourth-order valence-corrected chi connectivity index (χ4v) is 7.58. The summed E-state index contributed by atoms with van der Waals surface area (Å²) >= 11 is 0.